The van der Waals surface area contributed by atoms with Crippen molar-refractivity contribution in [3.05, 3.63) is 42.0 Å². The fourth-order valence-electron chi connectivity index (χ4n) is 2.26. The van der Waals surface area contributed by atoms with E-state index in [1.807, 2.05) is 11.7 Å². The van der Waals surface area contributed by atoms with E-state index in [1.54, 1.807) is 6.33 Å². The van der Waals surface area contributed by atoms with Gasteiger partial charge >= 0.3 is 0 Å². The van der Waals surface area contributed by atoms with Crippen molar-refractivity contribution in [2.24, 2.45) is 7.05 Å². The summed E-state index contributed by atoms with van der Waals surface area (Å²) in [5.41, 5.74) is 2.49. The number of hydrogen-bond donors (Lipinski definition) is 1. The van der Waals surface area contributed by atoms with Gasteiger partial charge in [-0.2, -0.15) is 5.10 Å². The molecule has 0 fully saturated rings. The molecule has 1 heterocycles. The van der Waals surface area contributed by atoms with Gasteiger partial charge in [0.15, 0.2) is 0 Å². The van der Waals surface area contributed by atoms with Gasteiger partial charge in [-0.15, -0.1) is 0 Å². The van der Waals surface area contributed by atoms with Gasteiger partial charge in [-0.25, -0.2) is 4.98 Å². The smallest absolute Gasteiger partial charge is 0.138 e. The summed E-state index contributed by atoms with van der Waals surface area (Å²) in [5, 5.41) is 7.67. The molecule has 5 nitrogen and oxygen atoms in total. The molecule has 1 aromatic carbocycles. The Labute approximate surface area is 120 Å². The number of hydrogen-bond acceptors (Lipinski definition) is 4. The first-order valence-electron chi connectivity index (χ1n) is 6.95. The van der Waals surface area contributed by atoms with Crippen molar-refractivity contribution in [2.75, 3.05) is 25.5 Å². The number of nitrogens with zero attached hydrogens (tertiary/aromatic N) is 4. The van der Waals surface area contributed by atoms with E-state index in [2.05, 4.69) is 65.6 Å². The third kappa shape index (κ3) is 3.36. The molecule has 1 unspecified atom stereocenters. The zero-order valence-corrected chi connectivity index (χ0v) is 12.7. The summed E-state index contributed by atoms with van der Waals surface area (Å²) >= 11 is 0. The van der Waals surface area contributed by atoms with Crippen molar-refractivity contribution in [1.29, 1.82) is 0 Å². The third-order valence-corrected chi connectivity index (χ3v) is 3.43. The molecule has 0 aliphatic carbocycles. The predicted octanol–water partition coefficient (Wildman–Crippen LogP) is 1.77. The summed E-state index contributed by atoms with van der Waals surface area (Å²) in [6.45, 7) is 3.05. The highest BCUT2D eigenvalue weighted by molar-refractivity contribution is 5.48. The monoisotopic (exact) mass is 273 g/mol. The number of likely N-dealkylation sites (N-methyl/N-ethyl adjacent to an activating group) is 1. The molecule has 1 aromatic heterocycles. The minimum Gasteiger partial charge on any atom is -0.378 e. The van der Waals surface area contributed by atoms with Crippen LogP contribution in [0.3, 0.4) is 0 Å². The fraction of sp³-hybridized carbons (Fsp3) is 0.467. The Hall–Kier alpha value is -1.88. The molecule has 1 N–H and O–H groups in total. The van der Waals surface area contributed by atoms with E-state index >= 15 is 0 Å². The van der Waals surface area contributed by atoms with E-state index in [1.165, 1.54) is 11.3 Å². The van der Waals surface area contributed by atoms with Crippen LogP contribution in [0.1, 0.15) is 24.4 Å². The Kier molecular flexibility index (Phi) is 4.74. The molecular weight excluding hydrogens is 250 g/mol. The van der Waals surface area contributed by atoms with Crippen LogP contribution in [0, 0.1) is 0 Å². The highest BCUT2D eigenvalue weighted by Gasteiger charge is 2.14. The van der Waals surface area contributed by atoms with E-state index < -0.39 is 0 Å². The van der Waals surface area contributed by atoms with Crippen LogP contribution in [0.4, 0.5) is 5.69 Å². The van der Waals surface area contributed by atoms with Crippen molar-refractivity contribution < 1.29 is 0 Å². The largest absolute Gasteiger partial charge is 0.378 e. The molecule has 1 atom stereocenters. The van der Waals surface area contributed by atoms with Gasteiger partial charge in [0.05, 0.1) is 0 Å². The Morgan fingerprint density at radius 3 is 2.75 bits per heavy atom. The van der Waals surface area contributed by atoms with Gasteiger partial charge < -0.3 is 10.2 Å². The summed E-state index contributed by atoms with van der Waals surface area (Å²) in [4.78, 5) is 6.44. The summed E-state index contributed by atoms with van der Waals surface area (Å²) < 4.78 is 1.83. The average Bonchev–Trinajstić information content (AvgIpc) is 2.84. The maximum Gasteiger partial charge on any atom is 0.138 e. The number of anilines is 1. The number of benzene rings is 1. The van der Waals surface area contributed by atoms with Crippen molar-refractivity contribution in [2.45, 2.75) is 19.4 Å². The number of aromatic nitrogens is 3. The van der Waals surface area contributed by atoms with E-state index in [0.29, 0.717) is 0 Å². The summed E-state index contributed by atoms with van der Waals surface area (Å²) in [6, 6.07) is 8.86. The molecular formula is C15H23N5. The van der Waals surface area contributed by atoms with Crippen LogP contribution in [0.5, 0.6) is 0 Å². The molecule has 0 amide bonds. The van der Waals surface area contributed by atoms with Crippen molar-refractivity contribution in [3.8, 4) is 0 Å². The van der Waals surface area contributed by atoms with E-state index in [-0.39, 0.29) is 6.04 Å². The zero-order valence-electron chi connectivity index (χ0n) is 12.7. The van der Waals surface area contributed by atoms with E-state index in [0.717, 1.165) is 18.8 Å². The van der Waals surface area contributed by atoms with E-state index in [4.69, 9.17) is 0 Å². The summed E-state index contributed by atoms with van der Waals surface area (Å²) in [5.74, 6) is 0.992. The Bertz CT molecular complexity index is 547. The van der Waals surface area contributed by atoms with Gasteiger partial charge in [0, 0.05) is 39.3 Å². The van der Waals surface area contributed by atoms with Gasteiger partial charge in [-0.1, -0.05) is 19.1 Å². The molecule has 0 saturated carbocycles. The first kappa shape index (κ1) is 14.5. The lowest BCUT2D eigenvalue weighted by Crippen LogP contribution is -2.24. The summed E-state index contributed by atoms with van der Waals surface area (Å²) in [7, 11) is 6.05. The van der Waals surface area contributed by atoms with Crippen molar-refractivity contribution >= 4 is 5.69 Å². The summed E-state index contributed by atoms with van der Waals surface area (Å²) in [6.07, 6.45) is 2.44. The molecule has 0 aliphatic rings. The Morgan fingerprint density at radius 1 is 1.35 bits per heavy atom. The molecule has 108 valence electrons. The molecule has 2 rings (SSSR count). The molecule has 0 spiro atoms. The quantitative estimate of drug-likeness (QED) is 0.871. The lowest BCUT2D eigenvalue weighted by atomic mass is 10.0. The molecule has 0 saturated heterocycles. The second kappa shape index (κ2) is 6.52. The Balaban J connectivity index is 2.24. The lowest BCUT2D eigenvalue weighted by molar-refractivity contribution is 0.522. The molecule has 20 heavy (non-hydrogen) atoms. The lowest BCUT2D eigenvalue weighted by Gasteiger charge is -2.20. The van der Waals surface area contributed by atoms with Crippen molar-refractivity contribution in [1.82, 2.24) is 20.1 Å². The molecule has 5 heteroatoms. The van der Waals surface area contributed by atoms with Crippen LogP contribution in [0.25, 0.3) is 0 Å². The van der Waals surface area contributed by atoms with Gasteiger partial charge in [-0.3, -0.25) is 4.68 Å². The van der Waals surface area contributed by atoms with Gasteiger partial charge in [-0.05, 0) is 24.2 Å². The number of rotatable bonds is 6. The standard InChI is InChI=1S/C15H23N5/c1-5-16-14(10-15-17-11-18-20(15)4)12-7-6-8-13(9-12)19(2)3/h6-9,11,14,16H,5,10H2,1-4H3. The van der Waals surface area contributed by atoms with Crippen LogP contribution in [0.2, 0.25) is 0 Å². The second-order valence-corrected chi connectivity index (χ2v) is 5.10. The van der Waals surface area contributed by atoms with Crippen LogP contribution in [-0.2, 0) is 13.5 Å². The van der Waals surface area contributed by atoms with E-state index in [9.17, 15) is 0 Å². The third-order valence-electron chi connectivity index (χ3n) is 3.43. The minimum atomic E-state index is 0.253. The first-order valence-corrected chi connectivity index (χ1v) is 6.95. The second-order valence-electron chi connectivity index (χ2n) is 5.10. The zero-order chi connectivity index (χ0) is 14.5. The van der Waals surface area contributed by atoms with Crippen LogP contribution >= 0.6 is 0 Å². The fourth-order valence-corrected chi connectivity index (χ4v) is 2.26. The highest BCUT2D eigenvalue weighted by Crippen LogP contribution is 2.22. The normalized spacial score (nSPS) is 12.4. The minimum absolute atomic E-state index is 0.253. The van der Waals surface area contributed by atoms with Gasteiger partial charge in [0.2, 0.25) is 0 Å². The van der Waals surface area contributed by atoms with Crippen LogP contribution in [0.15, 0.2) is 30.6 Å². The molecule has 0 aliphatic heterocycles. The maximum atomic E-state index is 4.32. The highest BCUT2D eigenvalue weighted by atomic mass is 15.3. The van der Waals surface area contributed by atoms with Gasteiger partial charge in [0.25, 0.3) is 0 Å². The average molecular weight is 273 g/mol. The van der Waals surface area contributed by atoms with Crippen LogP contribution in [-0.4, -0.2) is 35.4 Å². The number of aryl methyl sites for hydroxylation is 1. The first-order chi connectivity index (χ1) is 9.61. The molecule has 0 bridgehead atoms. The SMILES string of the molecule is CCNC(Cc1ncnn1C)c1cccc(N(C)C)c1. The molecule has 0 radical (unpaired) electrons. The van der Waals surface area contributed by atoms with Gasteiger partial charge in [0.1, 0.15) is 12.2 Å². The Morgan fingerprint density at radius 2 is 2.15 bits per heavy atom. The predicted molar refractivity (Wildman–Crippen MR) is 81.9 cm³/mol. The molecule has 2 aromatic rings. The van der Waals surface area contributed by atoms with Crippen LogP contribution < -0.4 is 10.2 Å². The topological polar surface area (TPSA) is 46.0 Å². The number of nitrogens with one attached hydrogen (secondary N) is 1. The maximum absolute atomic E-state index is 4.32. The van der Waals surface area contributed by atoms with Crippen molar-refractivity contribution in [3.63, 3.8) is 0 Å².